The minimum atomic E-state index is -0.948. The molecular formula is C17H22N2O3. The third kappa shape index (κ3) is 4.32. The van der Waals surface area contributed by atoms with Crippen molar-refractivity contribution in [3.05, 3.63) is 29.8 Å². The van der Waals surface area contributed by atoms with E-state index in [0.29, 0.717) is 11.3 Å². The van der Waals surface area contributed by atoms with Crippen molar-refractivity contribution in [1.82, 2.24) is 5.32 Å². The van der Waals surface area contributed by atoms with Gasteiger partial charge in [-0.2, -0.15) is 5.26 Å². The monoisotopic (exact) mass is 302 g/mol. The molecule has 1 amide bonds. The molecule has 0 aliphatic carbocycles. The van der Waals surface area contributed by atoms with Crippen molar-refractivity contribution in [3.8, 4) is 11.8 Å². The molecule has 0 radical (unpaired) electrons. The first-order valence-electron chi connectivity index (χ1n) is 7.20. The third-order valence-electron chi connectivity index (χ3n) is 3.69. The number of amides is 1. The van der Waals surface area contributed by atoms with Crippen LogP contribution in [-0.2, 0) is 4.79 Å². The van der Waals surface area contributed by atoms with Crippen molar-refractivity contribution in [2.75, 3.05) is 0 Å². The fourth-order valence-electron chi connectivity index (χ4n) is 1.70. The zero-order valence-corrected chi connectivity index (χ0v) is 13.6. The largest absolute Gasteiger partial charge is 0.481 e. The second kappa shape index (κ2) is 7.08. The maximum atomic E-state index is 12.2. The lowest BCUT2D eigenvalue weighted by atomic mass is 9.90. The van der Waals surface area contributed by atoms with Crippen molar-refractivity contribution in [1.29, 1.82) is 5.26 Å². The molecule has 0 bridgehead atoms. The lowest BCUT2D eigenvalue weighted by Gasteiger charge is -2.28. The molecule has 0 spiro atoms. The molecule has 0 saturated carbocycles. The van der Waals surface area contributed by atoms with Gasteiger partial charge in [0.25, 0.3) is 5.91 Å². The van der Waals surface area contributed by atoms with E-state index in [2.05, 4.69) is 11.4 Å². The quantitative estimate of drug-likeness (QED) is 0.819. The molecule has 0 saturated heterocycles. The number of nitrogens with zero attached hydrogens (tertiary/aromatic N) is 1. The molecule has 2 unspecified atom stereocenters. The van der Waals surface area contributed by atoms with Gasteiger partial charge in [0, 0.05) is 5.56 Å². The first-order chi connectivity index (χ1) is 10.2. The van der Waals surface area contributed by atoms with Crippen LogP contribution in [0.4, 0.5) is 0 Å². The summed E-state index contributed by atoms with van der Waals surface area (Å²) >= 11 is 0. The van der Waals surface area contributed by atoms with Crippen molar-refractivity contribution < 1.29 is 14.3 Å². The maximum absolute atomic E-state index is 12.2. The Bertz CT molecular complexity index is 604. The van der Waals surface area contributed by atoms with Gasteiger partial charge in [-0.1, -0.05) is 26.0 Å². The highest BCUT2D eigenvalue weighted by Crippen LogP contribution is 2.18. The molecule has 0 aromatic heterocycles. The van der Waals surface area contributed by atoms with Gasteiger partial charge in [-0.15, -0.1) is 0 Å². The summed E-state index contributed by atoms with van der Waals surface area (Å²) in [6.45, 7) is 8.49. The molecule has 0 heterocycles. The molecular weight excluding hydrogens is 280 g/mol. The summed E-state index contributed by atoms with van der Waals surface area (Å²) in [6.07, 6.45) is -0.770. The topological polar surface area (TPSA) is 79.2 Å². The summed E-state index contributed by atoms with van der Waals surface area (Å²) in [7, 11) is 0. The Hall–Kier alpha value is -2.35. The summed E-state index contributed by atoms with van der Waals surface area (Å²) in [5, 5.41) is 11.9. The first-order valence-corrected chi connectivity index (χ1v) is 7.20. The predicted molar refractivity (Wildman–Crippen MR) is 83.5 cm³/mol. The van der Waals surface area contributed by atoms with E-state index in [1.165, 1.54) is 6.92 Å². The highest BCUT2D eigenvalue weighted by molar-refractivity contribution is 5.94. The molecule has 1 rings (SSSR count). The Balaban J connectivity index is 2.79. The summed E-state index contributed by atoms with van der Waals surface area (Å²) in [5.74, 6) is -0.0290. The van der Waals surface area contributed by atoms with Crippen LogP contribution in [0.1, 0.15) is 45.0 Å². The molecule has 5 nitrogen and oxygen atoms in total. The number of carbonyl (C=O) groups excluding carboxylic acids is 2. The number of hydrogen-bond acceptors (Lipinski definition) is 4. The lowest BCUT2D eigenvalue weighted by Crippen LogP contribution is -2.52. The van der Waals surface area contributed by atoms with Gasteiger partial charge in [0.15, 0.2) is 11.9 Å². The van der Waals surface area contributed by atoms with E-state index in [-0.39, 0.29) is 17.6 Å². The molecule has 0 aliphatic rings. The highest BCUT2D eigenvalue weighted by Gasteiger charge is 2.32. The molecule has 1 N–H and O–H groups in total. The van der Waals surface area contributed by atoms with Gasteiger partial charge in [0.05, 0.1) is 6.07 Å². The van der Waals surface area contributed by atoms with E-state index in [9.17, 15) is 14.9 Å². The van der Waals surface area contributed by atoms with E-state index in [0.717, 1.165) is 0 Å². The molecule has 0 fully saturated rings. The van der Waals surface area contributed by atoms with E-state index in [1.54, 1.807) is 38.1 Å². The SMILES string of the molecule is CC(=O)c1cccc(OC(C)C(=O)NC(C)(C#N)C(C)C)c1. The number of benzene rings is 1. The number of Topliss-reactive ketones (excluding diaryl/α,β-unsaturated/α-hetero) is 1. The van der Waals surface area contributed by atoms with E-state index >= 15 is 0 Å². The van der Waals surface area contributed by atoms with Gasteiger partial charge in [-0.3, -0.25) is 9.59 Å². The predicted octanol–water partition coefficient (Wildman–Crippen LogP) is 2.71. The number of nitriles is 1. The summed E-state index contributed by atoms with van der Waals surface area (Å²) < 4.78 is 5.56. The van der Waals surface area contributed by atoms with Crippen LogP contribution in [0.2, 0.25) is 0 Å². The minimum Gasteiger partial charge on any atom is -0.481 e. The van der Waals surface area contributed by atoms with Crippen LogP contribution in [0.3, 0.4) is 0 Å². The smallest absolute Gasteiger partial charge is 0.262 e. The maximum Gasteiger partial charge on any atom is 0.262 e. The van der Waals surface area contributed by atoms with Crippen LogP contribution in [0.25, 0.3) is 0 Å². The number of nitrogens with one attached hydrogen (secondary N) is 1. The zero-order valence-electron chi connectivity index (χ0n) is 13.6. The number of carbonyl (C=O) groups is 2. The summed E-state index contributed by atoms with van der Waals surface area (Å²) in [4.78, 5) is 23.5. The number of ether oxygens (including phenoxy) is 1. The van der Waals surface area contributed by atoms with Gasteiger partial charge in [-0.05, 0) is 38.8 Å². The van der Waals surface area contributed by atoms with E-state index in [1.807, 2.05) is 13.8 Å². The van der Waals surface area contributed by atoms with Crippen LogP contribution >= 0.6 is 0 Å². The Labute approximate surface area is 131 Å². The fraction of sp³-hybridized carbons (Fsp3) is 0.471. The zero-order chi connectivity index (χ0) is 16.9. The fourth-order valence-corrected chi connectivity index (χ4v) is 1.70. The summed E-state index contributed by atoms with van der Waals surface area (Å²) in [5.41, 5.74) is -0.426. The van der Waals surface area contributed by atoms with Gasteiger partial charge in [-0.25, -0.2) is 0 Å². The standard InChI is InChI=1S/C17H22N2O3/c1-11(2)17(5,10-18)19-16(21)13(4)22-15-8-6-7-14(9-15)12(3)20/h6-9,11,13H,1-5H3,(H,19,21). The second-order valence-electron chi connectivity index (χ2n) is 5.80. The number of ketones is 1. The van der Waals surface area contributed by atoms with Crippen LogP contribution in [0, 0.1) is 17.2 Å². The number of rotatable bonds is 6. The normalized spacial score (nSPS) is 14.6. The van der Waals surface area contributed by atoms with Crippen LogP contribution in [-0.4, -0.2) is 23.3 Å². The number of hydrogen-bond donors (Lipinski definition) is 1. The third-order valence-corrected chi connectivity index (χ3v) is 3.69. The van der Waals surface area contributed by atoms with Gasteiger partial charge >= 0.3 is 0 Å². The van der Waals surface area contributed by atoms with Gasteiger partial charge < -0.3 is 10.1 Å². The first kappa shape index (κ1) is 17.7. The van der Waals surface area contributed by atoms with Crippen molar-refractivity contribution in [3.63, 3.8) is 0 Å². The molecule has 2 atom stereocenters. The van der Waals surface area contributed by atoms with Gasteiger partial charge in [0.2, 0.25) is 0 Å². The van der Waals surface area contributed by atoms with Crippen LogP contribution < -0.4 is 10.1 Å². The molecule has 5 heteroatoms. The van der Waals surface area contributed by atoms with E-state index in [4.69, 9.17) is 4.74 Å². The molecule has 22 heavy (non-hydrogen) atoms. The molecule has 1 aromatic carbocycles. The average Bonchev–Trinajstić information content (AvgIpc) is 2.46. The Morgan fingerprint density at radius 1 is 1.32 bits per heavy atom. The second-order valence-corrected chi connectivity index (χ2v) is 5.80. The lowest BCUT2D eigenvalue weighted by molar-refractivity contribution is -0.128. The Kier molecular flexibility index (Phi) is 5.69. The van der Waals surface area contributed by atoms with Gasteiger partial charge in [0.1, 0.15) is 11.3 Å². The van der Waals surface area contributed by atoms with E-state index < -0.39 is 11.6 Å². The molecule has 1 aromatic rings. The van der Waals surface area contributed by atoms with Crippen molar-refractivity contribution in [2.24, 2.45) is 5.92 Å². The van der Waals surface area contributed by atoms with Crippen molar-refractivity contribution >= 4 is 11.7 Å². The minimum absolute atomic E-state index is 0.0327. The highest BCUT2D eigenvalue weighted by atomic mass is 16.5. The Morgan fingerprint density at radius 2 is 1.95 bits per heavy atom. The van der Waals surface area contributed by atoms with Crippen LogP contribution in [0.15, 0.2) is 24.3 Å². The molecule has 0 aliphatic heterocycles. The summed E-state index contributed by atoms with van der Waals surface area (Å²) in [6, 6.07) is 8.78. The van der Waals surface area contributed by atoms with Crippen LogP contribution in [0.5, 0.6) is 5.75 Å². The average molecular weight is 302 g/mol. The Morgan fingerprint density at radius 3 is 2.45 bits per heavy atom. The molecule has 118 valence electrons. The van der Waals surface area contributed by atoms with Crippen molar-refractivity contribution in [2.45, 2.75) is 46.3 Å².